The lowest BCUT2D eigenvalue weighted by Crippen LogP contribution is -2.02. The smallest absolute Gasteiger partial charge is 0.133 e. The lowest BCUT2D eigenvalue weighted by molar-refractivity contribution is 0.361. The van der Waals surface area contributed by atoms with E-state index in [-0.39, 0.29) is 0 Å². The Labute approximate surface area is 135 Å². The lowest BCUT2D eigenvalue weighted by atomic mass is 10.1. The van der Waals surface area contributed by atoms with E-state index in [1.54, 1.807) is 6.08 Å². The lowest BCUT2D eigenvalue weighted by Gasteiger charge is -2.12. The Balaban J connectivity index is 2.05. The van der Waals surface area contributed by atoms with E-state index in [9.17, 15) is 0 Å². The van der Waals surface area contributed by atoms with Gasteiger partial charge in [0.15, 0.2) is 0 Å². The van der Waals surface area contributed by atoms with Crippen LogP contribution in [0.3, 0.4) is 0 Å². The molecule has 0 fully saturated rings. The van der Waals surface area contributed by atoms with Gasteiger partial charge in [-0.2, -0.15) is 0 Å². The molecular weight excluding hydrogens is 326 g/mol. The fourth-order valence-corrected chi connectivity index (χ4v) is 2.60. The minimum absolute atomic E-state index is 0.513. The molecule has 0 aromatic heterocycles. The zero-order valence-corrected chi connectivity index (χ0v) is 14.0. The SMILES string of the molecule is C=CCOc1ccc(CNc2cccc(C)c2C)cc1Br. The molecule has 0 spiro atoms. The first-order chi connectivity index (χ1) is 10.1. The molecule has 2 rings (SSSR count). The summed E-state index contributed by atoms with van der Waals surface area (Å²) < 4.78 is 6.52. The van der Waals surface area contributed by atoms with Gasteiger partial charge in [-0.25, -0.2) is 0 Å². The summed E-state index contributed by atoms with van der Waals surface area (Å²) in [5.74, 6) is 0.838. The molecule has 0 atom stereocenters. The number of benzene rings is 2. The van der Waals surface area contributed by atoms with Crippen molar-refractivity contribution in [3.8, 4) is 5.75 Å². The summed E-state index contributed by atoms with van der Waals surface area (Å²) in [4.78, 5) is 0. The second-order valence-corrected chi connectivity index (χ2v) is 5.82. The summed E-state index contributed by atoms with van der Waals surface area (Å²) in [6, 6.07) is 12.4. The van der Waals surface area contributed by atoms with Gasteiger partial charge < -0.3 is 10.1 Å². The van der Waals surface area contributed by atoms with Crippen LogP contribution in [0.2, 0.25) is 0 Å². The molecule has 21 heavy (non-hydrogen) atoms. The first-order valence-corrected chi connectivity index (χ1v) is 7.73. The predicted molar refractivity (Wildman–Crippen MR) is 93.1 cm³/mol. The zero-order valence-electron chi connectivity index (χ0n) is 12.4. The van der Waals surface area contributed by atoms with E-state index >= 15 is 0 Å². The van der Waals surface area contributed by atoms with Crippen LogP contribution >= 0.6 is 15.9 Å². The van der Waals surface area contributed by atoms with Crippen LogP contribution in [-0.2, 0) is 6.54 Å². The van der Waals surface area contributed by atoms with E-state index in [4.69, 9.17) is 4.74 Å². The van der Waals surface area contributed by atoms with Crippen molar-refractivity contribution >= 4 is 21.6 Å². The average Bonchev–Trinajstić information content (AvgIpc) is 2.48. The van der Waals surface area contributed by atoms with Crippen LogP contribution in [-0.4, -0.2) is 6.61 Å². The number of halogens is 1. The van der Waals surface area contributed by atoms with Gasteiger partial charge in [-0.3, -0.25) is 0 Å². The number of rotatable bonds is 6. The predicted octanol–water partition coefficient (Wildman–Crippen LogP) is 5.24. The highest BCUT2D eigenvalue weighted by atomic mass is 79.9. The molecule has 0 unspecified atom stereocenters. The number of nitrogens with one attached hydrogen (secondary N) is 1. The highest BCUT2D eigenvalue weighted by Crippen LogP contribution is 2.27. The van der Waals surface area contributed by atoms with Gasteiger partial charge in [0, 0.05) is 12.2 Å². The highest BCUT2D eigenvalue weighted by Gasteiger charge is 2.04. The van der Waals surface area contributed by atoms with E-state index in [0.29, 0.717) is 6.61 Å². The minimum Gasteiger partial charge on any atom is -0.488 e. The molecule has 2 aromatic carbocycles. The molecule has 3 heteroatoms. The Morgan fingerprint density at radius 2 is 2.05 bits per heavy atom. The van der Waals surface area contributed by atoms with Gasteiger partial charge in [0.2, 0.25) is 0 Å². The van der Waals surface area contributed by atoms with Crippen molar-refractivity contribution in [2.24, 2.45) is 0 Å². The van der Waals surface area contributed by atoms with Crippen molar-refractivity contribution in [1.82, 2.24) is 0 Å². The molecule has 0 saturated carbocycles. The van der Waals surface area contributed by atoms with Gasteiger partial charge in [-0.05, 0) is 64.7 Å². The number of ether oxygens (including phenoxy) is 1. The molecule has 0 saturated heterocycles. The maximum absolute atomic E-state index is 5.55. The van der Waals surface area contributed by atoms with Crippen molar-refractivity contribution < 1.29 is 4.74 Å². The number of anilines is 1. The third-order valence-corrected chi connectivity index (χ3v) is 4.06. The molecular formula is C18H20BrNO. The number of aryl methyl sites for hydroxylation is 1. The van der Waals surface area contributed by atoms with E-state index < -0.39 is 0 Å². The van der Waals surface area contributed by atoms with Crippen LogP contribution < -0.4 is 10.1 Å². The Bertz CT molecular complexity index is 637. The summed E-state index contributed by atoms with van der Waals surface area (Å²) >= 11 is 3.54. The van der Waals surface area contributed by atoms with Gasteiger partial charge in [0.1, 0.15) is 12.4 Å². The van der Waals surface area contributed by atoms with Crippen molar-refractivity contribution in [1.29, 1.82) is 0 Å². The largest absolute Gasteiger partial charge is 0.488 e. The molecule has 0 aliphatic rings. The monoisotopic (exact) mass is 345 g/mol. The molecule has 1 N–H and O–H groups in total. The van der Waals surface area contributed by atoms with Crippen LogP contribution in [0.4, 0.5) is 5.69 Å². The van der Waals surface area contributed by atoms with Crippen LogP contribution in [0, 0.1) is 13.8 Å². The second kappa shape index (κ2) is 7.32. The standard InChI is InChI=1S/C18H20BrNO/c1-4-10-21-18-9-8-15(11-16(18)19)12-20-17-7-5-6-13(2)14(17)3/h4-9,11,20H,1,10,12H2,2-3H3. The first kappa shape index (κ1) is 15.6. The van der Waals surface area contributed by atoms with Crippen LogP contribution in [0.15, 0.2) is 53.5 Å². The molecule has 110 valence electrons. The molecule has 0 radical (unpaired) electrons. The van der Waals surface area contributed by atoms with Crippen LogP contribution in [0.25, 0.3) is 0 Å². The molecule has 0 bridgehead atoms. The summed E-state index contributed by atoms with van der Waals surface area (Å²) in [5, 5.41) is 3.48. The summed E-state index contributed by atoms with van der Waals surface area (Å²) in [6.07, 6.45) is 1.74. The van der Waals surface area contributed by atoms with Gasteiger partial charge in [0.25, 0.3) is 0 Å². The Kier molecular flexibility index (Phi) is 5.45. The first-order valence-electron chi connectivity index (χ1n) is 6.94. The number of hydrogen-bond acceptors (Lipinski definition) is 2. The second-order valence-electron chi connectivity index (χ2n) is 4.97. The molecule has 2 aromatic rings. The minimum atomic E-state index is 0.513. The van der Waals surface area contributed by atoms with Crippen LogP contribution in [0.5, 0.6) is 5.75 Å². The Morgan fingerprint density at radius 3 is 2.76 bits per heavy atom. The van der Waals surface area contributed by atoms with E-state index in [1.807, 2.05) is 6.07 Å². The third kappa shape index (κ3) is 4.11. The fraction of sp³-hybridized carbons (Fsp3) is 0.222. The molecule has 0 aliphatic carbocycles. The van der Waals surface area contributed by atoms with Gasteiger partial charge in [-0.15, -0.1) is 0 Å². The quantitative estimate of drug-likeness (QED) is 0.722. The molecule has 0 amide bonds. The van der Waals surface area contributed by atoms with Gasteiger partial charge in [-0.1, -0.05) is 30.9 Å². The van der Waals surface area contributed by atoms with E-state index in [1.165, 1.54) is 22.4 Å². The normalized spacial score (nSPS) is 10.2. The van der Waals surface area contributed by atoms with E-state index in [2.05, 4.69) is 72.0 Å². The summed E-state index contributed by atoms with van der Waals surface area (Å²) in [7, 11) is 0. The third-order valence-electron chi connectivity index (χ3n) is 3.44. The highest BCUT2D eigenvalue weighted by molar-refractivity contribution is 9.10. The number of hydrogen-bond donors (Lipinski definition) is 1. The van der Waals surface area contributed by atoms with Gasteiger partial charge in [0.05, 0.1) is 4.47 Å². The van der Waals surface area contributed by atoms with Gasteiger partial charge >= 0.3 is 0 Å². The van der Waals surface area contributed by atoms with Crippen LogP contribution in [0.1, 0.15) is 16.7 Å². The zero-order chi connectivity index (χ0) is 15.2. The summed E-state index contributed by atoms with van der Waals surface area (Å²) in [6.45, 7) is 9.21. The maximum Gasteiger partial charge on any atom is 0.133 e. The van der Waals surface area contributed by atoms with Crippen molar-refractivity contribution in [2.75, 3.05) is 11.9 Å². The van der Waals surface area contributed by atoms with Crippen molar-refractivity contribution in [2.45, 2.75) is 20.4 Å². The van der Waals surface area contributed by atoms with Crippen molar-refractivity contribution in [3.05, 3.63) is 70.2 Å². The molecule has 0 aliphatic heterocycles. The summed E-state index contributed by atoms with van der Waals surface area (Å²) in [5.41, 5.74) is 4.98. The van der Waals surface area contributed by atoms with Crippen molar-refractivity contribution in [3.63, 3.8) is 0 Å². The average molecular weight is 346 g/mol. The fourth-order valence-electron chi connectivity index (χ4n) is 2.06. The van der Waals surface area contributed by atoms with E-state index in [0.717, 1.165) is 16.8 Å². The Morgan fingerprint density at radius 1 is 1.24 bits per heavy atom. The maximum atomic E-state index is 5.55. The molecule has 0 heterocycles. The topological polar surface area (TPSA) is 21.3 Å². The molecule has 2 nitrogen and oxygen atoms in total. The Hall–Kier alpha value is -1.74.